The van der Waals surface area contributed by atoms with Gasteiger partial charge in [0, 0.05) is 6.20 Å². The molecule has 0 fully saturated rings. The molecule has 1 aromatic heterocycles. The molecule has 0 saturated carbocycles. The SMILES string of the molecule is O=C(O)CC(=O)Nc1nccc(Cl)n1. The van der Waals surface area contributed by atoms with Crippen LogP contribution in [0.1, 0.15) is 6.42 Å². The Kier molecular flexibility index (Phi) is 3.35. The van der Waals surface area contributed by atoms with Crippen LogP contribution in [0.15, 0.2) is 12.3 Å². The summed E-state index contributed by atoms with van der Waals surface area (Å²) in [5.74, 6) is -1.92. The molecule has 0 radical (unpaired) electrons. The number of carbonyl (C=O) groups excluding carboxylic acids is 1. The fourth-order valence-corrected chi connectivity index (χ4v) is 0.840. The molecule has 0 aromatic carbocycles. The lowest BCUT2D eigenvalue weighted by atomic mass is 10.4. The van der Waals surface area contributed by atoms with Gasteiger partial charge in [-0.05, 0) is 6.07 Å². The lowest BCUT2D eigenvalue weighted by Crippen LogP contribution is -2.17. The second kappa shape index (κ2) is 4.52. The number of carboxylic acids is 1. The van der Waals surface area contributed by atoms with Crippen LogP contribution in [0, 0.1) is 0 Å². The molecule has 7 heteroatoms. The quantitative estimate of drug-likeness (QED) is 0.567. The topological polar surface area (TPSA) is 92.2 Å². The van der Waals surface area contributed by atoms with E-state index >= 15 is 0 Å². The molecule has 0 bridgehead atoms. The van der Waals surface area contributed by atoms with Crippen LogP contribution in [-0.4, -0.2) is 27.0 Å². The van der Waals surface area contributed by atoms with Crippen molar-refractivity contribution in [2.45, 2.75) is 6.42 Å². The van der Waals surface area contributed by atoms with Gasteiger partial charge in [-0.15, -0.1) is 0 Å². The molecule has 1 rings (SSSR count). The average molecular weight is 216 g/mol. The molecular weight excluding hydrogens is 210 g/mol. The monoisotopic (exact) mass is 215 g/mol. The van der Waals surface area contributed by atoms with Gasteiger partial charge in [0.1, 0.15) is 11.6 Å². The Hall–Kier alpha value is -1.69. The van der Waals surface area contributed by atoms with Gasteiger partial charge in [-0.1, -0.05) is 11.6 Å². The van der Waals surface area contributed by atoms with Gasteiger partial charge in [0.25, 0.3) is 0 Å². The third-order valence-electron chi connectivity index (χ3n) is 1.18. The highest BCUT2D eigenvalue weighted by molar-refractivity contribution is 6.29. The number of hydrogen-bond donors (Lipinski definition) is 2. The molecule has 0 aliphatic carbocycles. The van der Waals surface area contributed by atoms with Crippen molar-refractivity contribution in [2.24, 2.45) is 0 Å². The van der Waals surface area contributed by atoms with E-state index in [9.17, 15) is 9.59 Å². The first-order valence-corrected chi connectivity index (χ1v) is 3.96. The van der Waals surface area contributed by atoms with Crippen molar-refractivity contribution in [1.29, 1.82) is 0 Å². The van der Waals surface area contributed by atoms with Gasteiger partial charge in [0.15, 0.2) is 0 Å². The van der Waals surface area contributed by atoms with E-state index in [0.717, 1.165) is 0 Å². The number of hydrogen-bond acceptors (Lipinski definition) is 4. The number of carboxylic acid groups (broad SMARTS) is 1. The molecule has 0 aliphatic heterocycles. The predicted octanol–water partition coefficient (Wildman–Crippen LogP) is 0.543. The van der Waals surface area contributed by atoms with Crippen LogP contribution in [0.4, 0.5) is 5.95 Å². The van der Waals surface area contributed by atoms with Gasteiger partial charge < -0.3 is 5.11 Å². The average Bonchev–Trinajstić information content (AvgIpc) is 2.01. The van der Waals surface area contributed by atoms with Gasteiger partial charge in [-0.2, -0.15) is 0 Å². The molecule has 0 saturated heterocycles. The summed E-state index contributed by atoms with van der Waals surface area (Å²) in [6, 6.07) is 1.44. The van der Waals surface area contributed by atoms with Crippen molar-refractivity contribution >= 4 is 29.4 Å². The van der Waals surface area contributed by atoms with Crippen LogP contribution in [-0.2, 0) is 9.59 Å². The van der Waals surface area contributed by atoms with E-state index in [0.29, 0.717) is 0 Å². The molecule has 0 atom stereocenters. The summed E-state index contributed by atoms with van der Waals surface area (Å²) < 4.78 is 0. The molecule has 1 amide bonds. The number of aliphatic carboxylic acids is 1. The molecule has 0 spiro atoms. The van der Waals surface area contributed by atoms with E-state index in [1.165, 1.54) is 12.3 Å². The van der Waals surface area contributed by atoms with Crippen LogP contribution in [0.25, 0.3) is 0 Å². The largest absolute Gasteiger partial charge is 0.481 e. The minimum atomic E-state index is -1.22. The standard InChI is InChI=1S/C7H6ClN3O3/c8-4-1-2-9-7(10-4)11-5(12)3-6(13)14/h1-2H,3H2,(H,13,14)(H,9,10,11,12). The number of amides is 1. The fourth-order valence-electron chi connectivity index (χ4n) is 0.703. The van der Waals surface area contributed by atoms with Crippen LogP contribution < -0.4 is 5.32 Å². The van der Waals surface area contributed by atoms with Crippen LogP contribution in [0.3, 0.4) is 0 Å². The zero-order chi connectivity index (χ0) is 10.6. The van der Waals surface area contributed by atoms with Gasteiger partial charge >= 0.3 is 5.97 Å². The van der Waals surface area contributed by atoms with Gasteiger partial charge in [-0.25, -0.2) is 9.97 Å². The molecule has 1 heterocycles. The Morgan fingerprint density at radius 1 is 1.57 bits per heavy atom. The van der Waals surface area contributed by atoms with Crippen molar-refractivity contribution < 1.29 is 14.7 Å². The highest BCUT2D eigenvalue weighted by Gasteiger charge is 2.08. The lowest BCUT2D eigenvalue weighted by Gasteiger charge is -2.00. The minimum Gasteiger partial charge on any atom is -0.481 e. The molecule has 6 nitrogen and oxygen atoms in total. The van der Waals surface area contributed by atoms with E-state index in [2.05, 4.69) is 15.3 Å². The number of nitrogens with zero attached hydrogens (tertiary/aromatic N) is 2. The Morgan fingerprint density at radius 2 is 2.29 bits per heavy atom. The minimum absolute atomic E-state index is 0.0104. The normalized spacial score (nSPS) is 9.50. The van der Waals surface area contributed by atoms with Crippen molar-refractivity contribution in [1.82, 2.24) is 9.97 Å². The molecule has 2 N–H and O–H groups in total. The van der Waals surface area contributed by atoms with Crippen molar-refractivity contribution in [2.75, 3.05) is 5.32 Å². The zero-order valence-electron chi connectivity index (χ0n) is 6.90. The maximum Gasteiger partial charge on any atom is 0.312 e. The molecule has 0 aliphatic rings. The predicted molar refractivity (Wildman–Crippen MR) is 47.9 cm³/mol. The maximum atomic E-state index is 10.9. The van der Waals surface area contributed by atoms with E-state index in [4.69, 9.17) is 16.7 Å². The van der Waals surface area contributed by atoms with Crippen LogP contribution in [0.5, 0.6) is 0 Å². The van der Waals surface area contributed by atoms with E-state index in [1.807, 2.05) is 0 Å². The Balaban J connectivity index is 2.60. The second-order valence-electron chi connectivity index (χ2n) is 2.32. The number of nitrogens with one attached hydrogen (secondary N) is 1. The fraction of sp³-hybridized carbons (Fsp3) is 0.143. The van der Waals surface area contributed by atoms with E-state index in [1.54, 1.807) is 0 Å². The maximum absolute atomic E-state index is 10.9. The first-order chi connectivity index (χ1) is 6.58. The number of anilines is 1. The van der Waals surface area contributed by atoms with Crippen LogP contribution in [0.2, 0.25) is 5.15 Å². The number of halogens is 1. The van der Waals surface area contributed by atoms with E-state index in [-0.39, 0.29) is 11.1 Å². The molecular formula is C7H6ClN3O3. The summed E-state index contributed by atoms with van der Waals surface area (Å²) in [6.07, 6.45) is 0.724. The third-order valence-corrected chi connectivity index (χ3v) is 1.40. The first-order valence-electron chi connectivity index (χ1n) is 3.58. The summed E-state index contributed by atoms with van der Waals surface area (Å²) in [5.41, 5.74) is 0. The summed E-state index contributed by atoms with van der Waals surface area (Å²) in [6.45, 7) is 0. The van der Waals surface area contributed by atoms with Crippen molar-refractivity contribution in [3.63, 3.8) is 0 Å². The van der Waals surface area contributed by atoms with Gasteiger partial charge in [0.2, 0.25) is 11.9 Å². The Labute approximate surface area is 83.9 Å². The second-order valence-corrected chi connectivity index (χ2v) is 2.71. The third kappa shape index (κ3) is 3.36. The van der Waals surface area contributed by atoms with Crippen molar-refractivity contribution in [3.05, 3.63) is 17.4 Å². The van der Waals surface area contributed by atoms with Crippen molar-refractivity contribution in [3.8, 4) is 0 Å². The number of aromatic nitrogens is 2. The molecule has 0 unspecified atom stereocenters. The zero-order valence-corrected chi connectivity index (χ0v) is 7.65. The number of carbonyl (C=O) groups is 2. The molecule has 1 aromatic rings. The van der Waals surface area contributed by atoms with Crippen LogP contribution >= 0.6 is 11.6 Å². The van der Waals surface area contributed by atoms with Gasteiger partial charge in [0.05, 0.1) is 0 Å². The molecule has 74 valence electrons. The summed E-state index contributed by atoms with van der Waals surface area (Å²) in [4.78, 5) is 28.4. The Morgan fingerprint density at radius 3 is 2.86 bits per heavy atom. The smallest absolute Gasteiger partial charge is 0.312 e. The van der Waals surface area contributed by atoms with E-state index < -0.39 is 18.3 Å². The molecule has 14 heavy (non-hydrogen) atoms. The summed E-state index contributed by atoms with van der Waals surface area (Å²) in [7, 11) is 0. The highest BCUT2D eigenvalue weighted by atomic mass is 35.5. The number of rotatable bonds is 3. The summed E-state index contributed by atoms with van der Waals surface area (Å²) >= 11 is 5.52. The first kappa shape index (κ1) is 10.4. The summed E-state index contributed by atoms with van der Waals surface area (Å²) in [5, 5.41) is 10.6. The highest BCUT2D eigenvalue weighted by Crippen LogP contribution is 2.05. The Bertz CT molecular complexity index is 369. The van der Waals surface area contributed by atoms with Gasteiger partial charge in [-0.3, -0.25) is 14.9 Å². The lowest BCUT2D eigenvalue weighted by molar-refractivity contribution is -0.139.